The highest BCUT2D eigenvalue weighted by molar-refractivity contribution is 5.94. The summed E-state index contributed by atoms with van der Waals surface area (Å²) < 4.78 is 1.82. The van der Waals surface area contributed by atoms with E-state index in [0.717, 1.165) is 37.0 Å². The zero-order valence-corrected chi connectivity index (χ0v) is 13.4. The molecule has 2 aromatic rings. The Hall–Kier alpha value is -2.37. The lowest BCUT2D eigenvalue weighted by Crippen LogP contribution is -2.26. The van der Waals surface area contributed by atoms with Crippen molar-refractivity contribution in [3.63, 3.8) is 0 Å². The summed E-state index contributed by atoms with van der Waals surface area (Å²) in [5.41, 5.74) is 2.21. The number of aromatic nitrogens is 2. The second-order valence-corrected chi connectivity index (χ2v) is 5.55. The van der Waals surface area contributed by atoms with Gasteiger partial charge in [0.2, 0.25) is 0 Å². The van der Waals surface area contributed by atoms with Crippen molar-refractivity contribution in [2.45, 2.75) is 45.4 Å². The topological polar surface area (TPSA) is 83.7 Å². The molecule has 0 saturated carbocycles. The molecular weight excluding hydrogens is 294 g/mol. The van der Waals surface area contributed by atoms with E-state index in [4.69, 9.17) is 5.11 Å². The van der Waals surface area contributed by atoms with Crippen molar-refractivity contribution in [1.29, 1.82) is 0 Å². The Morgan fingerprint density at radius 3 is 2.83 bits per heavy atom. The van der Waals surface area contributed by atoms with E-state index in [2.05, 4.69) is 17.2 Å². The summed E-state index contributed by atoms with van der Waals surface area (Å²) in [5, 5.41) is 11.5. The predicted molar refractivity (Wildman–Crippen MR) is 87.6 cm³/mol. The molecule has 2 aromatic heterocycles. The fourth-order valence-corrected chi connectivity index (χ4v) is 2.56. The molecule has 0 aromatic carbocycles. The maximum atomic E-state index is 12.5. The van der Waals surface area contributed by atoms with E-state index in [0.29, 0.717) is 18.7 Å². The van der Waals surface area contributed by atoms with Crippen LogP contribution in [-0.4, -0.2) is 32.9 Å². The van der Waals surface area contributed by atoms with Crippen LogP contribution in [0.15, 0.2) is 24.4 Å². The van der Waals surface area contributed by atoms with Gasteiger partial charge in [-0.2, -0.15) is 0 Å². The first-order valence-corrected chi connectivity index (χ1v) is 8.09. The first-order chi connectivity index (χ1) is 11.1. The largest absolute Gasteiger partial charge is 0.481 e. The van der Waals surface area contributed by atoms with E-state index in [-0.39, 0.29) is 12.3 Å². The fraction of sp³-hybridized carbons (Fsp3) is 0.471. The third-order valence-electron chi connectivity index (χ3n) is 3.66. The Bertz CT molecular complexity index is 679. The molecule has 0 radical (unpaired) electrons. The van der Waals surface area contributed by atoms with Gasteiger partial charge >= 0.3 is 5.97 Å². The third-order valence-corrected chi connectivity index (χ3v) is 3.66. The molecule has 2 rings (SSSR count). The quantitative estimate of drug-likeness (QED) is 0.696. The van der Waals surface area contributed by atoms with Gasteiger partial charge in [0, 0.05) is 19.2 Å². The number of aryl methyl sites for hydroxylation is 1. The maximum Gasteiger partial charge on any atom is 0.303 e. The summed E-state index contributed by atoms with van der Waals surface area (Å²) in [6.45, 7) is 2.61. The summed E-state index contributed by atoms with van der Waals surface area (Å²) >= 11 is 0. The number of pyridine rings is 1. The molecule has 0 unspecified atom stereocenters. The van der Waals surface area contributed by atoms with Crippen LogP contribution in [0.5, 0.6) is 0 Å². The standard InChI is InChI=1S/C17H23N3O3/c1-2-8-13-16(20-12-7-5-9-14(20)19-13)17(23)18-11-6-3-4-10-15(21)22/h5,7,9,12H,2-4,6,8,10-11H2,1H3,(H,18,23)(H,21,22). The molecule has 0 bridgehead atoms. The van der Waals surface area contributed by atoms with Crippen molar-refractivity contribution in [1.82, 2.24) is 14.7 Å². The summed E-state index contributed by atoms with van der Waals surface area (Å²) in [6, 6.07) is 5.68. The van der Waals surface area contributed by atoms with Gasteiger partial charge < -0.3 is 10.4 Å². The van der Waals surface area contributed by atoms with E-state index < -0.39 is 5.97 Å². The van der Waals surface area contributed by atoms with Gasteiger partial charge in [0.05, 0.1) is 5.69 Å². The van der Waals surface area contributed by atoms with E-state index in [9.17, 15) is 9.59 Å². The molecule has 6 heteroatoms. The van der Waals surface area contributed by atoms with Crippen LogP contribution in [0.2, 0.25) is 0 Å². The lowest BCUT2D eigenvalue weighted by molar-refractivity contribution is -0.137. The minimum absolute atomic E-state index is 0.120. The zero-order valence-electron chi connectivity index (χ0n) is 13.4. The average molecular weight is 317 g/mol. The number of fused-ring (bicyclic) bond motifs is 1. The highest BCUT2D eigenvalue weighted by Crippen LogP contribution is 2.14. The van der Waals surface area contributed by atoms with Gasteiger partial charge in [-0.1, -0.05) is 25.8 Å². The Labute approximate surface area is 135 Å². The Kier molecular flexibility index (Phi) is 6.14. The van der Waals surface area contributed by atoms with Gasteiger partial charge in [-0.15, -0.1) is 0 Å². The molecule has 23 heavy (non-hydrogen) atoms. The smallest absolute Gasteiger partial charge is 0.303 e. The summed E-state index contributed by atoms with van der Waals surface area (Å²) in [5.74, 6) is -0.894. The molecule has 0 saturated heterocycles. The number of carbonyl (C=O) groups excluding carboxylic acids is 1. The second-order valence-electron chi connectivity index (χ2n) is 5.55. The normalized spacial score (nSPS) is 10.8. The van der Waals surface area contributed by atoms with Crippen molar-refractivity contribution in [2.75, 3.05) is 6.54 Å². The molecule has 0 spiro atoms. The number of rotatable bonds is 9. The molecule has 1 amide bonds. The van der Waals surface area contributed by atoms with Crippen LogP contribution >= 0.6 is 0 Å². The van der Waals surface area contributed by atoms with Crippen molar-refractivity contribution in [2.24, 2.45) is 0 Å². The number of hydrogen-bond acceptors (Lipinski definition) is 3. The molecule has 2 N–H and O–H groups in total. The highest BCUT2D eigenvalue weighted by Gasteiger charge is 2.17. The molecule has 124 valence electrons. The van der Waals surface area contributed by atoms with E-state index in [1.54, 1.807) is 0 Å². The van der Waals surface area contributed by atoms with Crippen molar-refractivity contribution < 1.29 is 14.7 Å². The Balaban J connectivity index is 1.97. The number of unbranched alkanes of at least 4 members (excludes halogenated alkanes) is 2. The van der Waals surface area contributed by atoms with Crippen LogP contribution in [0.1, 0.15) is 55.2 Å². The van der Waals surface area contributed by atoms with Gasteiger partial charge in [0.1, 0.15) is 11.3 Å². The van der Waals surface area contributed by atoms with Crippen LogP contribution in [-0.2, 0) is 11.2 Å². The monoisotopic (exact) mass is 317 g/mol. The van der Waals surface area contributed by atoms with Gasteiger partial charge in [0.15, 0.2) is 0 Å². The molecule has 0 aliphatic heterocycles. The maximum absolute atomic E-state index is 12.5. The Morgan fingerprint density at radius 1 is 1.26 bits per heavy atom. The van der Waals surface area contributed by atoms with E-state index >= 15 is 0 Å². The van der Waals surface area contributed by atoms with Crippen molar-refractivity contribution in [3.8, 4) is 0 Å². The molecular formula is C17H23N3O3. The highest BCUT2D eigenvalue weighted by atomic mass is 16.4. The van der Waals surface area contributed by atoms with Crippen LogP contribution in [0.4, 0.5) is 0 Å². The molecule has 2 heterocycles. The van der Waals surface area contributed by atoms with Gasteiger partial charge in [0.25, 0.3) is 5.91 Å². The summed E-state index contributed by atoms with van der Waals surface area (Å²) in [7, 11) is 0. The summed E-state index contributed by atoms with van der Waals surface area (Å²) in [6.07, 6.45) is 5.94. The zero-order chi connectivity index (χ0) is 16.7. The number of hydrogen-bond donors (Lipinski definition) is 2. The van der Waals surface area contributed by atoms with E-state index in [1.807, 2.05) is 28.8 Å². The van der Waals surface area contributed by atoms with Gasteiger partial charge in [-0.05, 0) is 31.4 Å². The van der Waals surface area contributed by atoms with Crippen LogP contribution in [0.3, 0.4) is 0 Å². The van der Waals surface area contributed by atoms with E-state index in [1.165, 1.54) is 0 Å². The van der Waals surface area contributed by atoms with Crippen molar-refractivity contribution in [3.05, 3.63) is 35.8 Å². The van der Waals surface area contributed by atoms with Gasteiger partial charge in [-0.25, -0.2) is 4.98 Å². The van der Waals surface area contributed by atoms with Crippen LogP contribution in [0.25, 0.3) is 5.65 Å². The van der Waals surface area contributed by atoms with Crippen LogP contribution < -0.4 is 5.32 Å². The molecule has 0 atom stereocenters. The number of aliphatic carboxylic acids is 1. The first kappa shape index (κ1) is 17.0. The minimum atomic E-state index is -0.774. The fourth-order valence-electron chi connectivity index (χ4n) is 2.56. The second kappa shape index (κ2) is 8.31. The number of amides is 1. The number of carboxylic acid groups (broad SMARTS) is 1. The minimum Gasteiger partial charge on any atom is -0.481 e. The molecule has 0 aliphatic carbocycles. The molecule has 0 fully saturated rings. The van der Waals surface area contributed by atoms with Crippen LogP contribution in [0, 0.1) is 0 Å². The number of imidazole rings is 1. The third kappa shape index (κ3) is 4.55. The molecule has 0 aliphatic rings. The van der Waals surface area contributed by atoms with Crippen molar-refractivity contribution >= 4 is 17.5 Å². The Morgan fingerprint density at radius 2 is 2.09 bits per heavy atom. The average Bonchev–Trinajstić information content (AvgIpc) is 2.88. The summed E-state index contributed by atoms with van der Waals surface area (Å²) in [4.78, 5) is 27.5. The lowest BCUT2D eigenvalue weighted by Gasteiger charge is -2.06. The lowest BCUT2D eigenvalue weighted by atomic mass is 10.2. The number of nitrogens with one attached hydrogen (secondary N) is 1. The number of carbonyl (C=O) groups is 2. The van der Waals surface area contributed by atoms with Gasteiger partial charge in [-0.3, -0.25) is 14.0 Å². The molecule has 6 nitrogen and oxygen atoms in total. The number of nitrogens with zero attached hydrogens (tertiary/aromatic N) is 2. The number of carboxylic acids is 1. The first-order valence-electron chi connectivity index (χ1n) is 8.09. The SMILES string of the molecule is CCCc1nc2ccccn2c1C(=O)NCCCCCC(=O)O. The predicted octanol–water partition coefficient (Wildman–Crippen LogP) is 2.66.